The van der Waals surface area contributed by atoms with E-state index >= 15 is 0 Å². The van der Waals surface area contributed by atoms with Crippen LogP contribution in [-0.2, 0) is 25.7 Å². The third-order valence-corrected chi connectivity index (χ3v) is 5.36. The van der Waals surface area contributed by atoms with Crippen LogP contribution in [0.5, 0.6) is 0 Å². The van der Waals surface area contributed by atoms with Gasteiger partial charge in [-0.3, -0.25) is 19.3 Å². The minimum Gasteiger partial charge on any atom is -0.464 e. The van der Waals surface area contributed by atoms with Gasteiger partial charge in [0.25, 0.3) is 11.8 Å². The highest BCUT2D eigenvalue weighted by Crippen LogP contribution is 2.36. The molecule has 0 saturated carbocycles. The number of amides is 3. The zero-order chi connectivity index (χ0) is 21.3. The van der Waals surface area contributed by atoms with Crippen molar-refractivity contribution < 1.29 is 23.9 Å². The molecule has 1 N–H and O–H groups in total. The number of rotatable bonds is 5. The highest BCUT2D eigenvalue weighted by molar-refractivity contribution is 6.07. The summed E-state index contributed by atoms with van der Waals surface area (Å²) in [4.78, 5) is 51.4. The summed E-state index contributed by atoms with van der Waals surface area (Å²) in [5.41, 5.74) is 2.05. The van der Waals surface area contributed by atoms with Gasteiger partial charge in [-0.15, -0.1) is 0 Å². The zero-order valence-corrected chi connectivity index (χ0v) is 16.5. The van der Waals surface area contributed by atoms with Gasteiger partial charge in [0.2, 0.25) is 5.91 Å². The van der Waals surface area contributed by atoms with Crippen molar-refractivity contribution in [3.05, 3.63) is 59.4 Å². The maximum atomic E-state index is 12.9. The third-order valence-electron chi connectivity index (χ3n) is 5.36. The SMILES string of the molecule is C=C(NC(=O)C(=C)N1Cc2c(cccc2C2CCN(C(C)=O)C2)C1=O)C(=O)OC. The van der Waals surface area contributed by atoms with Crippen LogP contribution in [0.1, 0.15) is 40.7 Å². The monoisotopic (exact) mass is 397 g/mol. The summed E-state index contributed by atoms with van der Waals surface area (Å²) in [6.45, 7) is 10.2. The van der Waals surface area contributed by atoms with Gasteiger partial charge in [-0.05, 0) is 23.6 Å². The first-order valence-corrected chi connectivity index (χ1v) is 9.21. The number of ether oxygens (including phenoxy) is 1. The Morgan fingerprint density at radius 3 is 2.59 bits per heavy atom. The van der Waals surface area contributed by atoms with Crippen molar-refractivity contribution in [2.45, 2.75) is 25.8 Å². The maximum Gasteiger partial charge on any atom is 0.353 e. The molecule has 0 radical (unpaired) electrons. The van der Waals surface area contributed by atoms with Crippen LogP contribution in [0.25, 0.3) is 0 Å². The Balaban J connectivity index is 1.78. The van der Waals surface area contributed by atoms with Crippen LogP contribution in [0.15, 0.2) is 42.8 Å². The summed E-state index contributed by atoms with van der Waals surface area (Å²) in [7, 11) is 1.17. The summed E-state index contributed by atoms with van der Waals surface area (Å²) >= 11 is 0. The van der Waals surface area contributed by atoms with Crippen LogP contribution >= 0.6 is 0 Å². The topological polar surface area (TPSA) is 96.0 Å². The van der Waals surface area contributed by atoms with Crippen LogP contribution in [0.2, 0.25) is 0 Å². The molecule has 2 aliphatic rings. The molecule has 2 aliphatic heterocycles. The molecule has 1 saturated heterocycles. The van der Waals surface area contributed by atoms with Gasteiger partial charge in [-0.25, -0.2) is 4.79 Å². The lowest BCUT2D eigenvalue weighted by Gasteiger charge is -2.19. The van der Waals surface area contributed by atoms with Gasteiger partial charge >= 0.3 is 5.97 Å². The first kappa shape index (κ1) is 20.3. The van der Waals surface area contributed by atoms with Crippen LogP contribution in [0.3, 0.4) is 0 Å². The Morgan fingerprint density at radius 1 is 1.24 bits per heavy atom. The van der Waals surface area contributed by atoms with E-state index < -0.39 is 11.9 Å². The van der Waals surface area contributed by atoms with Crippen LogP contribution in [0.4, 0.5) is 0 Å². The Labute approximate surface area is 168 Å². The number of nitrogens with one attached hydrogen (secondary N) is 1. The molecule has 1 atom stereocenters. The maximum absolute atomic E-state index is 12.9. The van der Waals surface area contributed by atoms with E-state index in [1.165, 1.54) is 12.0 Å². The number of benzene rings is 1. The van der Waals surface area contributed by atoms with Gasteiger partial charge in [0.05, 0.1) is 13.7 Å². The second-order valence-corrected chi connectivity index (χ2v) is 7.09. The summed E-state index contributed by atoms with van der Waals surface area (Å²) < 4.78 is 4.50. The molecule has 0 aromatic heterocycles. The zero-order valence-electron chi connectivity index (χ0n) is 16.5. The van der Waals surface area contributed by atoms with E-state index in [0.29, 0.717) is 18.7 Å². The van der Waals surface area contributed by atoms with Gasteiger partial charge in [-0.2, -0.15) is 0 Å². The van der Waals surface area contributed by atoms with E-state index in [-0.39, 0.29) is 35.7 Å². The van der Waals surface area contributed by atoms with Crippen LogP contribution in [-0.4, -0.2) is 53.7 Å². The quantitative estimate of drug-likeness (QED) is 0.597. The third kappa shape index (κ3) is 3.78. The van der Waals surface area contributed by atoms with E-state index in [0.717, 1.165) is 17.5 Å². The summed E-state index contributed by atoms with van der Waals surface area (Å²) in [6.07, 6.45) is 0.824. The first-order valence-electron chi connectivity index (χ1n) is 9.21. The smallest absolute Gasteiger partial charge is 0.353 e. The molecule has 29 heavy (non-hydrogen) atoms. The molecule has 3 amide bonds. The van der Waals surface area contributed by atoms with Crippen LogP contribution in [0, 0.1) is 0 Å². The van der Waals surface area contributed by atoms with E-state index in [1.807, 2.05) is 12.1 Å². The number of nitrogens with zero attached hydrogens (tertiary/aromatic N) is 2. The molecule has 1 fully saturated rings. The highest BCUT2D eigenvalue weighted by atomic mass is 16.5. The average Bonchev–Trinajstić information content (AvgIpc) is 3.32. The molecule has 8 nitrogen and oxygen atoms in total. The van der Waals surface area contributed by atoms with Gasteiger partial charge in [0, 0.05) is 31.5 Å². The number of hydrogen-bond acceptors (Lipinski definition) is 5. The molecule has 0 spiro atoms. The minimum absolute atomic E-state index is 0.0358. The lowest BCUT2D eigenvalue weighted by Crippen LogP contribution is -2.36. The summed E-state index contributed by atoms with van der Waals surface area (Å²) in [6, 6.07) is 5.50. The Bertz CT molecular complexity index is 936. The fraction of sp³-hybridized carbons (Fsp3) is 0.333. The number of hydrogen-bond donors (Lipinski definition) is 1. The number of likely N-dealkylation sites (tertiary alicyclic amines) is 1. The van der Waals surface area contributed by atoms with E-state index in [2.05, 4.69) is 23.2 Å². The normalized spacial score (nSPS) is 17.7. The van der Waals surface area contributed by atoms with Gasteiger partial charge in [0.15, 0.2) is 0 Å². The van der Waals surface area contributed by atoms with Crippen LogP contribution < -0.4 is 5.32 Å². The molecule has 1 aromatic rings. The summed E-state index contributed by atoms with van der Waals surface area (Å²) in [5.74, 6) is -1.63. The number of fused-ring (bicyclic) bond motifs is 1. The van der Waals surface area contributed by atoms with Crippen molar-refractivity contribution in [2.24, 2.45) is 0 Å². The van der Waals surface area contributed by atoms with Gasteiger partial charge < -0.3 is 15.0 Å². The fourth-order valence-electron chi connectivity index (χ4n) is 3.76. The Kier molecular flexibility index (Phi) is 5.54. The van der Waals surface area contributed by atoms with E-state index in [9.17, 15) is 19.2 Å². The standard InChI is InChI=1S/C21H23N3O5/c1-12(21(28)29-4)22-19(26)13(2)24-11-18-16(6-5-7-17(18)20(24)27)15-8-9-23(10-15)14(3)25/h5-7,15H,1-2,8-11H2,3-4H3,(H,22,26). The fourth-order valence-corrected chi connectivity index (χ4v) is 3.76. The van der Waals surface area contributed by atoms with Crippen molar-refractivity contribution in [1.82, 2.24) is 15.1 Å². The number of methoxy groups -OCH3 is 1. The van der Waals surface area contributed by atoms with E-state index in [4.69, 9.17) is 0 Å². The minimum atomic E-state index is -0.777. The Hall–Kier alpha value is -3.42. The lowest BCUT2D eigenvalue weighted by molar-refractivity contribution is -0.137. The number of esters is 1. The van der Waals surface area contributed by atoms with Gasteiger partial charge in [0.1, 0.15) is 11.4 Å². The lowest BCUT2D eigenvalue weighted by atomic mass is 9.91. The van der Waals surface area contributed by atoms with Crippen molar-refractivity contribution >= 4 is 23.7 Å². The first-order chi connectivity index (χ1) is 13.7. The van der Waals surface area contributed by atoms with Crippen molar-refractivity contribution in [1.29, 1.82) is 0 Å². The molecule has 1 unspecified atom stereocenters. The second-order valence-electron chi connectivity index (χ2n) is 7.09. The number of carbonyl (C=O) groups excluding carboxylic acids is 4. The molecule has 8 heteroatoms. The molecule has 1 aromatic carbocycles. The predicted molar refractivity (Wildman–Crippen MR) is 104 cm³/mol. The average molecular weight is 397 g/mol. The number of carbonyl (C=O) groups is 4. The molecular formula is C21H23N3O5. The molecule has 152 valence electrons. The second kappa shape index (κ2) is 7.90. The Morgan fingerprint density at radius 2 is 1.97 bits per heavy atom. The molecule has 2 heterocycles. The predicted octanol–water partition coefficient (Wildman–Crippen LogP) is 1.29. The van der Waals surface area contributed by atoms with Gasteiger partial charge in [-0.1, -0.05) is 25.3 Å². The highest BCUT2D eigenvalue weighted by Gasteiger charge is 2.36. The molecule has 3 rings (SSSR count). The van der Waals surface area contributed by atoms with Crippen molar-refractivity contribution in [3.63, 3.8) is 0 Å². The largest absolute Gasteiger partial charge is 0.464 e. The molecular weight excluding hydrogens is 374 g/mol. The van der Waals surface area contributed by atoms with Crippen molar-refractivity contribution in [2.75, 3.05) is 20.2 Å². The van der Waals surface area contributed by atoms with E-state index in [1.54, 1.807) is 17.9 Å². The molecule has 0 aliphatic carbocycles. The molecule has 0 bridgehead atoms. The van der Waals surface area contributed by atoms with Crippen molar-refractivity contribution in [3.8, 4) is 0 Å². The summed E-state index contributed by atoms with van der Waals surface area (Å²) in [5, 5.41) is 2.30.